The highest BCUT2D eigenvalue weighted by atomic mass is 35.5. The number of fused-ring (bicyclic) bond motifs is 4. The molecule has 1 atom stereocenters. The Hall–Kier alpha value is -12.3. The maximum Gasteiger partial charge on any atom is 0.298 e. The zero-order chi connectivity index (χ0) is 92.4. The van der Waals surface area contributed by atoms with Crippen LogP contribution in [0.2, 0.25) is 20.2 Å². The van der Waals surface area contributed by atoms with E-state index in [1.165, 1.54) is 71.6 Å². The average Bonchev–Trinajstić information content (AvgIpc) is 1.75. The van der Waals surface area contributed by atoms with Crippen molar-refractivity contribution in [3.8, 4) is 5.82 Å². The molecule has 3 N–H and O–H groups in total. The fourth-order valence-electron chi connectivity index (χ4n) is 16.8. The second kappa shape index (κ2) is 41.8. The van der Waals surface area contributed by atoms with E-state index in [4.69, 9.17) is 51.4 Å². The lowest BCUT2D eigenvalue weighted by Crippen LogP contribution is -2.43. The second-order valence-electron chi connectivity index (χ2n) is 32.7. The van der Waals surface area contributed by atoms with Crippen LogP contribution in [0, 0.1) is 34.9 Å². The van der Waals surface area contributed by atoms with E-state index in [0.717, 1.165) is 179 Å². The van der Waals surface area contributed by atoms with Crippen molar-refractivity contribution in [2.75, 3.05) is 103 Å². The molecule has 9 aromatic heterocycles. The first-order valence-electron chi connectivity index (χ1n) is 43.5. The maximum absolute atomic E-state index is 14.4. The normalized spacial score (nSPS) is 16.2. The largest absolute Gasteiger partial charge is 0.351 e. The number of piperidine rings is 1. The fourth-order valence-corrected chi connectivity index (χ4v) is 18.6. The van der Waals surface area contributed by atoms with Crippen LogP contribution in [0.3, 0.4) is 0 Å². The summed E-state index contributed by atoms with van der Waals surface area (Å²) < 4.78 is 118. The van der Waals surface area contributed by atoms with E-state index in [1.807, 2.05) is 32.6 Å². The average molecular weight is 1920 g/mol. The van der Waals surface area contributed by atoms with Gasteiger partial charge in [-0.3, -0.25) is 53.4 Å². The lowest BCUT2D eigenvalue weighted by atomic mass is 10.0. The molecule has 0 amide bonds. The van der Waals surface area contributed by atoms with Crippen LogP contribution in [0.25, 0.3) is 5.82 Å². The number of carbonyl (C=O) groups is 3. The van der Waals surface area contributed by atoms with Gasteiger partial charge in [-0.1, -0.05) is 77.1 Å². The summed E-state index contributed by atoms with van der Waals surface area (Å²) in [6.45, 7) is 12.2. The Morgan fingerprint density at radius 3 is 1.47 bits per heavy atom. The smallest absolute Gasteiger partial charge is 0.298 e. The van der Waals surface area contributed by atoms with Gasteiger partial charge in [-0.15, -0.1) is 15.3 Å². The van der Waals surface area contributed by atoms with Crippen LogP contribution in [-0.4, -0.2) is 203 Å². The summed E-state index contributed by atoms with van der Waals surface area (Å²) in [6, 6.07) is 21.1. The zero-order valence-electron chi connectivity index (χ0n) is 71.7. The van der Waals surface area contributed by atoms with Crippen LogP contribution in [0.4, 0.5) is 55.4 Å². The summed E-state index contributed by atoms with van der Waals surface area (Å²) in [6.07, 6.45) is 26.6. The van der Waals surface area contributed by atoms with Crippen LogP contribution in [-0.2, 0) is 75.0 Å². The van der Waals surface area contributed by atoms with Gasteiger partial charge in [-0.25, -0.2) is 73.7 Å². The summed E-state index contributed by atoms with van der Waals surface area (Å²) in [7, 11) is -3.83. The Labute approximate surface area is 780 Å². The van der Waals surface area contributed by atoms with Gasteiger partial charge >= 0.3 is 0 Å². The molecule has 0 radical (unpaired) electrons. The van der Waals surface area contributed by atoms with Gasteiger partial charge in [-0.2, -0.15) is 10.2 Å². The summed E-state index contributed by atoms with van der Waals surface area (Å²) in [5.41, 5.74) is 6.33. The third-order valence-electron chi connectivity index (χ3n) is 23.7. The van der Waals surface area contributed by atoms with Gasteiger partial charge in [0.25, 0.3) is 27.7 Å². The van der Waals surface area contributed by atoms with E-state index in [9.17, 15) is 49.1 Å². The predicted octanol–water partition coefficient (Wildman–Crippen LogP) is 13.1. The number of nitrogens with zero attached hydrogens (tertiary/aromatic N) is 24. The molecule has 43 heteroatoms. The number of rotatable bonds is 20. The summed E-state index contributed by atoms with van der Waals surface area (Å²) >= 11 is 24.3. The standard InChI is InChI=1S/C24H25ClF2N6O.C23H20ClN7O3S.C22H21ClF2N6O.C21H23ClF2N8/c25-22-17(18(26)6-7-19(22)27)15-32-11-4-5-20-23(32)29-21(13-28-20)24(34)33-12-8-16(30-33)14-31-9-2-1-3-10-31;24-21-16(6-4-11-25-21)15-30-12-5-9-18-22(30)27-19(14-26-18)23(32)31-13-10-20(28-31)29-35(33,34)17-7-2-1-3-8-17;23-20-15(16(24)3-4-17(20)25)12-30-7-1-2-18-21(30)29-19(10-27-18)22(32)31-11-14(9-28-31)13-5-6-26-8-13;22-20-14(15(23)3-4-16(20)24)11-31-7-1-2-17-21(31)28-18(10-26-17)32-13-27-29-19(32)12-30-8-5-25-6-9-30/h6-8,12-13H,1-5,9-11,14-15H2;1-4,6-8,10-11,13-14H,5,9,12,15H2,(H,28,29);3-4,9-11,13,26H,1-2,5-8,12H2;3-4,10,13,25H,1-2,5-9,11-12H2. The van der Waals surface area contributed by atoms with Crippen molar-refractivity contribution in [1.82, 2.24) is 109 Å². The number of halogens is 10. The minimum absolute atomic E-state index is 0.0148. The van der Waals surface area contributed by atoms with Crippen LogP contribution >= 0.6 is 46.4 Å². The van der Waals surface area contributed by atoms with Crippen molar-refractivity contribution in [2.24, 2.45) is 0 Å². The molecule has 3 saturated heterocycles. The first-order valence-corrected chi connectivity index (χ1v) is 46.5. The molecule has 7 aliphatic heterocycles. The quantitative estimate of drug-likeness (QED) is 0.0362. The summed E-state index contributed by atoms with van der Waals surface area (Å²) in [4.78, 5) is 92.0. The van der Waals surface area contributed by atoms with E-state index in [1.54, 1.807) is 65.3 Å². The number of hydrogen-bond donors (Lipinski definition) is 3. The van der Waals surface area contributed by atoms with E-state index >= 15 is 0 Å². The number of benzene rings is 4. The number of sulfonamides is 1. The SMILES string of the molecule is Fc1ccc(F)c(CN2CCCc3ncc(-n4cnnc4CN4CCNCC4)nc32)c1Cl.O=C(c1cnc2c(n1)N(Cc1c(F)ccc(F)c1Cl)CCC2)n1cc(C2CCNC2)cn1.O=C(c1cnc2c(n1)N(Cc1c(F)ccc(F)c1Cl)CCC2)n1ccc(CN2CCCCC2)n1.O=C(c1cnc2c(n1)N(Cc1cccnc1Cl)CCC2)n1ccc(NS(=O)(=O)c2ccccc2)n1. The Bertz CT molecular complexity index is 6540. The van der Waals surface area contributed by atoms with Gasteiger partial charge in [-0.05, 0) is 156 Å². The molecular weight excluding hydrogens is 1830 g/mol. The van der Waals surface area contributed by atoms with Gasteiger partial charge in [0.15, 0.2) is 57.8 Å². The van der Waals surface area contributed by atoms with E-state index in [0.29, 0.717) is 104 Å². The lowest BCUT2D eigenvalue weighted by Gasteiger charge is -2.30. The minimum Gasteiger partial charge on any atom is -0.351 e. The summed E-state index contributed by atoms with van der Waals surface area (Å²) in [5.74, 6) is -1.06. The third kappa shape index (κ3) is 21.6. The molecule has 0 saturated carbocycles. The highest BCUT2D eigenvalue weighted by Gasteiger charge is 2.33. The number of aryl methyl sites for hydroxylation is 4. The van der Waals surface area contributed by atoms with Gasteiger partial charge in [0, 0.05) is 151 Å². The highest BCUT2D eigenvalue weighted by molar-refractivity contribution is 7.92. The number of hydrogen-bond acceptors (Lipinski definition) is 27. The van der Waals surface area contributed by atoms with Crippen molar-refractivity contribution < 1.29 is 49.1 Å². The Balaban J connectivity index is 0.000000124. The van der Waals surface area contributed by atoms with Crippen molar-refractivity contribution in [3.63, 3.8) is 0 Å². The molecule has 0 bridgehead atoms. The Kier molecular flexibility index (Phi) is 29.1. The van der Waals surface area contributed by atoms with Crippen LogP contribution in [0.1, 0.15) is 151 Å². The van der Waals surface area contributed by atoms with Gasteiger partial charge in [0.1, 0.15) is 46.4 Å². The molecule has 20 rings (SSSR count). The molecule has 0 aliphatic carbocycles. The number of anilines is 5. The zero-order valence-corrected chi connectivity index (χ0v) is 75.5. The van der Waals surface area contributed by atoms with Crippen LogP contribution < -0.4 is 35.0 Å². The molecule has 13 aromatic rings. The molecule has 32 nitrogen and oxygen atoms in total. The molecule has 0 spiro atoms. The molecule has 3 fully saturated rings. The first-order chi connectivity index (χ1) is 64.5. The predicted molar refractivity (Wildman–Crippen MR) is 484 cm³/mol. The van der Waals surface area contributed by atoms with Gasteiger partial charge < -0.3 is 30.2 Å². The lowest BCUT2D eigenvalue weighted by molar-refractivity contribution is 0.0931. The minimum atomic E-state index is -3.83. The van der Waals surface area contributed by atoms with Crippen molar-refractivity contribution in [3.05, 3.63) is 287 Å². The topological polar surface area (TPSA) is 341 Å². The van der Waals surface area contributed by atoms with Crippen LogP contribution in [0.5, 0.6) is 0 Å². The molecule has 7 aliphatic rings. The molecular formula is C90H89Cl4F6N27O5S. The number of carbonyl (C=O) groups excluding carboxylic acids is 3. The van der Waals surface area contributed by atoms with Crippen molar-refractivity contribution in [1.29, 1.82) is 0 Å². The molecule has 690 valence electrons. The molecule has 16 heterocycles. The molecule has 133 heavy (non-hydrogen) atoms. The highest BCUT2D eigenvalue weighted by Crippen LogP contribution is 2.36. The number of likely N-dealkylation sites (tertiary alicyclic amines) is 1. The molecule has 4 aromatic carbocycles. The maximum atomic E-state index is 14.4. The van der Waals surface area contributed by atoms with Crippen molar-refractivity contribution in [2.45, 2.75) is 127 Å². The van der Waals surface area contributed by atoms with Gasteiger partial charge in [0.2, 0.25) is 0 Å². The number of piperazine rings is 1. The Morgan fingerprint density at radius 1 is 0.459 bits per heavy atom. The third-order valence-corrected chi connectivity index (χ3v) is 26.7. The van der Waals surface area contributed by atoms with Crippen LogP contribution in [0.15, 0.2) is 158 Å². The molecule has 1 unspecified atom stereocenters. The number of pyridine rings is 1. The number of nitrogens with one attached hydrogen (secondary N) is 3. The second-order valence-corrected chi connectivity index (χ2v) is 35.9. The monoisotopic (exact) mass is 1910 g/mol. The fraction of sp³-hybridized carbons (Fsp3) is 0.344. The van der Waals surface area contributed by atoms with E-state index in [-0.39, 0.29) is 85.1 Å². The van der Waals surface area contributed by atoms with E-state index < -0.39 is 56.7 Å². The van der Waals surface area contributed by atoms with E-state index in [2.05, 4.69) is 90.5 Å². The summed E-state index contributed by atoms with van der Waals surface area (Å²) in [5, 5.41) is 27.5. The first kappa shape index (κ1) is 92.5. The van der Waals surface area contributed by atoms with Crippen molar-refractivity contribution >= 4 is 103 Å². The Morgan fingerprint density at radius 2 is 0.947 bits per heavy atom. The number of aromatic nitrogens is 18. The van der Waals surface area contributed by atoms with Gasteiger partial charge in [0.05, 0.1) is 86.0 Å².